The van der Waals surface area contributed by atoms with Gasteiger partial charge in [-0.2, -0.15) is 0 Å². The number of rotatable bonds is 10. The molecule has 0 fully saturated rings. The minimum absolute atomic E-state index is 0.185. The molecule has 0 atom stereocenters. The summed E-state index contributed by atoms with van der Waals surface area (Å²) in [6, 6.07) is 15.8. The average Bonchev–Trinajstić information content (AvgIpc) is 3.33. The zero-order valence-electron chi connectivity index (χ0n) is 19.4. The van der Waals surface area contributed by atoms with Gasteiger partial charge in [0.25, 0.3) is 5.91 Å². The number of ether oxygens (including phenoxy) is 1. The normalized spacial score (nSPS) is 10.7. The molecule has 4 rings (SSSR count). The Morgan fingerprint density at radius 1 is 1.06 bits per heavy atom. The number of carbonyl (C=O) groups excluding carboxylic acids is 2. The number of amides is 1. The molecule has 2 aromatic carbocycles. The summed E-state index contributed by atoms with van der Waals surface area (Å²) in [5.74, 6) is -0.430. The number of hydrogen-bond donors (Lipinski definition) is 1. The van der Waals surface area contributed by atoms with E-state index in [0.29, 0.717) is 34.5 Å². The summed E-state index contributed by atoms with van der Waals surface area (Å²) in [7, 11) is 0. The maximum Gasteiger partial charge on any atom is 0.338 e. The average molecular weight is 567 g/mol. The van der Waals surface area contributed by atoms with E-state index in [1.54, 1.807) is 47.4 Å². The second kappa shape index (κ2) is 12.4. The zero-order valence-corrected chi connectivity index (χ0v) is 21.8. The summed E-state index contributed by atoms with van der Waals surface area (Å²) in [5, 5.41) is 11.8. The molecule has 0 unspecified atom stereocenters. The molecule has 36 heavy (non-hydrogen) atoms. The third kappa shape index (κ3) is 6.55. The van der Waals surface area contributed by atoms with Crippen molar-refractivity contribution in [1.82, 2.24) is 25.0 Å². The first-order valence-electron chi connectivity index (χ1n) is 11.2. The first-order valence-corrected chi connectivity index (χ1v) is 13.0. The van der Waals surface area contributed by atoms with Crippen molar-refractivity contribution in [3.8, 4) is 5.69 Å². The van der Waals surface area contributed by atoms with Crippen molar-refractivity contribution in [3.63, 3.8) is 0 Å². The minimum Gasteiger partial charge on any atom is -0.462 e. The summed E-state index contributed by atoms with van der Waals surface area (Å²) in [5.41, 5.74) is 2.49. The van der Waals surface area contributed by atoms with Crippen LogP contribution in [0.3, 0.4) is 0 Å². The van der Waals surface area contributed by atoms with Gasteiger partial charge in [0, 0.05) is 28.3 Å². The molecule has 1 N–H and O–H groups in total. The van der Waals surface area contributed by atoms with E-state index in [9.17, 15) is 9.59 Å². The van der Waals surface area contributed by atoms with Crippen LogP contribution in [0.1, 0.15) is 46.3 Å². The van der Waals surface area contributed by atoms with Crippen LogP contribution >= 0.6 is 27.7 Å². The number of carbonyl (C=O) groups is 2. The number of unbranched alkanes of at least 4 members (excludes halogenated alkanes) is 1. The van der Waals surface area contributed by atoms with E-state index in [0.717, 1.165) is 23.0 Å². The van der Waals surface area contributed by atoms with Gasteiger partial charge in [0.15, 0.2) is 10.9 Å². The van der Waals surface area contributed by atoms with Crippen molar-refractivity contribution in [2.45, 2.75) is 30.7 Å². The largest absolute Gasteiger partial charge is 0.462 e. The van der Waals surface area contributed by atoms with Gasteiger partial charge in [0.1, 0.15) is 0 Å². The van der Waals surface area contributed by atoms with Crippen LogP contribution in [-0.4, -0.2) is 43.4 Å². The number of anilines is 1. The molecular weight excluding hydrogens is 544 g/mol. The lowest BCUT2D eigenvalue weighted by Gasteiger charge is -2.09. The summed E-state index contributed by atoms with van der Waals surface area (Å²) >= 11 is 4.81. The van der Waals surface area contributed by atoms with Crippen molar-refractivity contribution < 1.29 is 14.3 Å². The number of thioether (sulfide) groups is 1. The van der Waals surface area contributed by atoms with Gasteiger partial charge in [0.05, 0.1) is 23.6 Å². The van der Waals surface area contributed by atoms with E-state index in [-0.39, 0.29) is 11.7 Å². The fourth-order valence-electron chi connectivity index (χ4n) is 3.16. The Hall–Kier alpha value is -3.57. The van der Waals surface area contributed by atoms with E-state index < -0.39 is 5.91 Å². The molecule has 1 amide bonds. The summed E-state index contributed by atoms with van der Waals surface area (Å²) < 4.78 is 7.79. The van der Waals surface area contributed by atoms with Crippen LogP contribution in [0, 0.1) is 0 Å². The Bertz CT molecular complexity index is 1310. The summed E-state index contributed by atoms with van der Waals surface area (Å²) in [6.07, 6.45) is 5.09. The third-order valence-corrected chi connectivity index (χ3v) is 6.45. The van der Waals surface area contributed by atoms with Gasteiger partial charge in [0.2, 0.25) is 0 Å². The van der Waals surface area contributed by atoms with E-state index >= 15 is 0 Å². The van der Waals surface area contributed by atoms with Crippen LogP contribution in [0.25, 0.3) is 5.69 Å². The molecule has 0 radical (unpaired) electrons. The minimum atomic E-state index is -0.416. The van der Waals surface area contributed by atoms with Gasteiger partial charge < -0.3 is 10.1 Å². The molecule has 0 saturated heterocycles. The van der Waals surface area contributed by atoms with E-state index in [2.05, 4.69) is 41.5 Å². The Labute approximate surface area is 220 Å². The lowest BCUT2D eigenvalue weighted by atomic mass is 10.2. The third-order valence-electron chi connectivity index (χ3n) is 5.04. The summed E-state index contributed by atoms with van der Waals surface area (Å²) in [4.78, 5) is 33.8. The fraction of sp³-hybridized carbons (Fsp3) is 0.200. The van der Waals surface area contributed by atoms with Crippen molar-refractivity contribution >= 4 is 45.3 Å². The predicted molar refractivity (Wildman–Crippen MR) is 140 cm³/mol. The van der Waals surface area contributed by atoms with Crippen LogP contribution in [0.5, 0.6) is 0 Å². The molecule has 2 heterocycles. The van der Waals surface area contributed by atoms with Gasteiger partial charge in [-0.3, -0.25) is 4.79 Å². The molecule has 0 bridgehead atoms. The van der Waals surface area contributed by atoms with Crippen molar-refractivity contribution in [3.05, 3.63) is 88.4 Å². The monoisotopic (exact) mass is 566 g/mol. The first kappa shape index (κ1) is 25.5. The van der Waals surface area contributed by atoms with Crippen molar-refractivity contribution in [2.75, 3.05) is 11.9 Å². The zero-order chi connectivity index (χ0) is 25.3. The van der Waals surface area contributed by atoms with E-state index in [1.165, 1.54) is 11.8 Å². The lowest BCUT2D eigenvalue weighted by Crippen LogP contribution is -2.15. The number of nitrogens with one attached hydrogen (secondary N) is 1. The summed E-state index contributed by atoms with van der Waals surface area (Å²) in [6.45, 7) is 2.42. The second-order valence-corrected chi connectivity index (χ2v) is 9.47. The highest BCUT2D eigenvalue weighted by atomic mass is 79.9. The molecule has 9 nitrogen and oxygen atoms in total. The molecule has 0 aliphatic heterocycles. The fourth-order valence-corrected chi connectivity index (χ4v) is 4.22. The van der Waals surface area contributed by atoms with Crippen molar-refractivity contribution in [1.29, 1.82) is 0 Å². The number of hydrogen-bond acceptors (Lipinski definition) is 8. The molecule has 0 spiro atoms. The second-order valence-electron chi connectivity index (χ2n) is 7.61. The highest BCUT2D eigenvalue weighted by molar-refractivity contribution is 9.10. The molecule has 4 aromatic rings. The van der Waals surface area contributed by atoms with E-state index in [1.807, 2.05) is 31.2 Å². The van der Waals surface area contributed by atoms with Crippen LogP contribution in [0.2, 0.25) is 0 Å². The van der Waals surface area contributed by atoms with Crippen LogP contribution in [0.15, 0.2) is 76.6 Å². The number of esters is 1. The Balaban J connectivity index is 1.53. The van der Waals surface area contributed by atoms with Gasteiger partial charge in [-0.1, -0.05) is 46.2 Å². The highest BCUT2D eigenvalue weighted by Gasteiger charge is 2.22. The number of aromatic nitrogens is 5. The molecule has 0 aliphatic carbocycles. The SMILES string of the molecule is CCCCOC(=O)c1ccc(NC(=O)c2nnn(-c3ccc(Br)cc3)c2CSc2ncccn2)cc1. The van der Waals surface area contributed by atoms with Crippen LogP contribution < -0.4 is 5.32 Å². The Morgan fingerprint density at radius 2 is 1.78 bits per heavy atom. The molecule has 0 saturated carbocycles. The smallest absolute Gasteiger partial charge is 0.338 e. The predicted octanol–water partition coefficient (Wildman–Crippen LogP) is 5.32. The molecule has 2 aromatic heterocycles. The van der Waals surface area contributed by atoms with Gasteiger partial charge >= 0.3 is 5.97 Å². The highest BCUT2D eigenvalue weighted by Crippen LogP contribution is 2.24. The van der Waals surface area contributed by atoms with E-state index in [4.69, 9.17) is 4.74 Å². The number of benzene rings is 2. The Kier molecular flexibility index (Phi) is 8.80. The lowest BCUT2D eigenvalue weighted by molar-refractivity contribution is 0.0499. The standard InChI is InChI=1S/C25H23BrN6O3S/c1-2-3-15-35-24(34)17-5-9-19(10-6-17)29-23(33)22-21(16-36-25-27-13-4-14-28-25)32(31-30-22)20-11-7-18(26)8-12-20/h4-14H,2-3,15-16H2,1H3,(H,29,33). The van der Waals surface area contributed by atoms with Gasteiger partial charge in [-0.15, -0.1) is 5.10 Å². The first-order chi connectivity index (χ1) is 17.5. The maximum atomic E-state index is 13.2. The Morgan fingerprint density at radius 3 is 2.47 bits per heavy atom. The van der Waals surface area contributed by atoms with Crippen LogP contribution in [-0.2, 0) is 10.5 Å². The molecular formula is C25H23BrN6O3S. The number of halogens is 1. The van der Waals surface area contributed by atoms with Crippen molar-refractivity contribution in [2.24, 2.45) is 0 Å². The molecule has 0 aliphatic rings. The van der Waals surface area contributed by atoms with Crippen LogP contribution in [0.4, 0.5) is 5.69 Å². The topological polar surface area (TPSA) is 112 Å². The maximum absolute atomic E-state index is 13.2. The number of nitrogens with zero attached hydrogens (tertiary/aromatic N) is 5. The van der Waals surface area contributed by atoms with Gasteiger partial charge in [-0.25, -0.2) is 19.4 Å². The molecule has 11 heteroatoms. The molecule has 184 valence electrons. The van der Waals surface area contributed by atoms with Gasteiger partial charge in [-0.05, 0) is 61.0 Å². The quantitative estimate of drug-likeness (QED) is 0.119.